The molecule has 1 aromatic carbocycles. The number of aromatic nitrogens is 1. The van der Waals surface area contributed by atoms with E-state index in [1.54, 1.807) is 12.1 Å². The Morgan fingerprint density at radius 2 is 1.31 bits per heavy atom. The second-order valence-corrected chi connectivity index (χ2v) is 6.62. The lowest BCUT2D eigenvalue weighted by Crippen LogP contribution is -2.15. The van der Waals surface area contributed by atoms with Gasteiger partial charge in [0.25, 0.3) is 0 Å². The third-order valence-electron chi connectivity index (χ3n) is 4.62. The van der Waals surface area contributed by atoms with Crippen LogP contribution in [0.5, 0.6) is 17.5 Å². The van der Waals surface area contributed by atoms with Crippen LogP contribution in [0.25, 0.3) is 0 Å². The molecule has 0 spiro atoms. The predicted octanol–water partition coefficient (Wildman–Crippen LogP) is 8.05. The molecule has 0 saturated carbocycles. The molecule has 3 rings (SSSR count). The number of rotatable bonds is 6. The lowest BCUT2D eigenvalue weighted by Gasteiger charge is -2.23. The molecule has 36 heavy (non-hydrogen) atoms. The smallest absolute Gasteiger partial charge is 0.337 e. The molecule has 1 aromatic heterocycles. The van der Waals surface area contributed by atoms with Gasteiger partial charge in [-0.25, -0.2) is 4.79 Å². The van der Waals surface area contributed by atoms with Gasteiger partial charge >= 0.3 is 5.97 Å². The lowest BCUT2D eigenvalue weighted by molar-refractivity contribution is -0.135. The van der Waals surface area contributed by atoms with Crippen molar-refractivity contribution in [2.75, 3.05) is 14.2 Å². The van der Waals surface area contributed by atoms with Crippen LogP contribution in [0.15, 0.2) is 83.2 Å². The SMILES string of the molecule is C=C(C(=O)OC)C1=C(Oc2cccc(Oc3ccccc3)n2)CC(C)=C(C)C1.CC.CC.CC.CO. The van der Waals surface area contributed by atoms with Crippen LogP contribution < -0.4 is 9.47 Å². The summed E-state index contributed by atoms with van der Waals surface area (Å²) in [6.07, 6.45) is 1.18. The summed E-state index contributed by atoms with van der Waals surface area (Å²) < 4.78 is 16.7. The van der Waals surface area contributed by atoms with Crippen molar-refractivity contribution in [3.63, 3.8) is 0 Å². The van der Waals surface area contributed by atoms with Gasteiger partial charge in [-0.2, -0.15) is 4.98 Å². The highest BCUT2D eigenvalue weighted by molar-refractivity contribution is 5.93. The molecule has 1 aliphatic rings. The average molecular weight is 500 g/mol. The fourth-order valence-electron chi connectivity index (χ4n) is 2.88. The molecule has 0 saturated heterocycles. The number of carbonyl (C=O) groups is 1. The Bertz CT molecular complexity index is 962. The van der Waals surface area contributed by atoms with E-state index in [1.807, 2.05) is 84.9 Å². The zero-order chi connectivity index (χ0) is 28.1. The number of hydrogen-bond acceptors (Lipinski definition) is 6. The molecule has 0 amide bonds. The van der Waals surface area contributed by atoms with Crippen molar-refractivity contribution >= 4 is 5.97 Å². The van der Waals surface area contributed by atoms with Gasteiger partial charge in [-0.15, -0.1) is 0 Å². The third kappa shape index (κ3) is 11.4. The number of benzene rings is 1. The van der Waals surface area contributed by atoms with E-state index in [1.165, 1.54) is 18.3 Å². The number of hydrogen-bond donors (Lipinski definition) is 1. The summed E-state index contributed by atoms with van der Waals surface area (Å²) in [6, 6.07) is 14.7. The van der Waals surface area contributed by atoms with Crippen molar-refractivity contribution in [3.05, 3.63) is 83.2 Å². The standard InChI is InChI=1S/C23H23NO4.3C2H6.CH4O/c1-15-13-19(17(3)23(25)26-4)20(14-16(15)2)28-22-12-8-11-21(24-22)27-18-9-6-5-7-10-18;4*1-2/h5-12H,3,13-14H2,1-2,4H3;3*1-2H3;2H,1H3. The number of nitrogens with zero attached hydrogens (tertiary/aromatic N) is 1. The van der Waals surface area contributed by atoms with Gasteiger partial charge in [0.1, 0.15) is 11.5 Å². The van der Waals surface area contributed by atoms with Crippen LogP contribution in [-0.2, 0) is 9.53 Å². The number of ether oxygens (including phenoxy) is 3. The van der Waals surface area contributed by atoms with Gasteiger partial charge in [-0.05, 0) is 32.4 Å². The number of aliphatic hydroxyl groups excluding tert-OH is 1. The minimum atomic E-state index is -0.461. The Kier molecular flexibility index (Phi) is 20.2. The van der Waals surface area contributed by atoms with E-state index in [-0.39, 0.29) is 0 Å². The molecular formula is C30H45NO5. The zero-order valence-electron chi connectivity index (χ0n) is 23.8. The largest absolute Gasteiger partial charge is 0.465 e. The van der Waals surface area contributed by atoms with E-state index < -0.39 is 5.97 Å². The quantitative estimate of drug-likeness (QED) is 0.246. The first-order valence-corrected chi connectivity index (χ1v) is 12.4. The average Bonchev–Trinajstić information content (AvgIpc) is 2.95. The van der Waals surface area contributed by atoms with Crippen LogP contribution in [0.4, 0.5) is 0 Å². The molecule has 0 unspecified atom stereocenters. The maximum absolute atomic E-state index is 12.0. The fourth-order valence-corrected chi connectivity index (χ4v) is 2.88. The Labute approximate surface area is 218 Å². The molecule has 1 aliphatic carbocycles. The summed E-state index contributed by atoms with van der Waals surface area (Å²) >= 11 is 0. The van der Waals surface area contributed by atoms with Gasteiger partial charge in [-0.3, -0.25) is 0 Å². The maximum Gasteiger partial charge on any atom is 0.337 e. The first-order chi connectivity index (χ1) is 17.5. The molecule has 0 aliphatic heterocycles. The topological polar surface area (TPSA) is 77.9 Å². The molecule has 1 heterocycles. The first-order valence-electron chi connectivity index (χ1n) is 12.4. The number of pyridine rings is 1. The second kappa shape index (κ2) is 20.9. The van der Waals surface area contributed by atoms with Gasteiger partial charge in [0, 0.05) is 31.2 Å². The summed E-state index contributed by atoms with van der Waals surface area (Å²) in [5.74, 6) is 1.71. The number of methoxy groups -OCH3 is 1. The van der Waals surface area contributed by atoms with Crippen LogP contribution in [-0.4, -0.2) is 30.3 Å². The van der Waals surface area contributed by atoms with E-state index in [4.69, 9.17) is 19.3 Å². The van der Waals surface area contributed by atoms with Crippen LogP contribution in [0.1, 0.15) is 68.2 Å². The van der Waals surface area contributed by atoms with Crippen molar-refractivity contribution in [3.8, 4) is 17.5 Å². The maximum atomic E-state index is 12.0. The second-order valence-electron chi connectivity index (χ2n) is 6.62. The number of carbonyl (C=O) groups excluding carboxylic acids is 1. The highest BCUT2D eigenvalue weighted by atomic mass is 16.5. The first kappa shape index (κ1) is 34.8. The van der Waals surface area contributed by atoms with Crippen LogP contribution >= 0.6 is 0 Å². The molecule has 0 radical (unpaired) electrons. The van der Waals surface area contributed by atoms with Crippen molar-refractivity contribution in [1.29, 1.82) is 0 Å². The Morgan fingerprint density at radius 1 is 0.806 bits per heavy atom. The molecule has 0 bridgehead atoms. The highest BCUT2D eigenvalue weighted by Crippen LogP contribution is 2.35. The summed E-state index contributed by atoms with van der Waals surface area (Å²) in [7, 11) is 2.34. The summed E-state index contributed by atoms with van der Waals surface area (Å²) in [5, 5.41) is 7.00. The van der Waals surface area contributed by atoms with Gasteiger partial charge < -0.3 is 19.3 Å². The minimum Gasteiger partial charge on any atom is -0.465 e. The predicted molar refractivity (Wildman–Crippen MR) is 149 cm³/mol. The van der Waals surface area contributed by atoms with E-state index >= 15 is 0 Å². The minimum absolute atomic E-state index is 0.307. The van der Waals surface area contributed by atoms with Crippen molar-refractivity contribution in [2.24, 2.45) is 0 Å². The van der Waals surface area contributed by atoms with Crippen molar-refractivity contribution in [1.82, 2.24) is 4.98 Å². The summed E-state index contributed by atoms with van der Waals surface area (Å²) in [5.41, 5.74) is 3.45. The monoisotopic (exact) mass is 499 g/mol. The van der Waals surface area contributed by atoms with Crippen LogP contribution in [0.3, 0.4) is 0 Å². The Hall–Kier alpha value is -3.38. The van der Waals surface area contributed by atoms with Gasteiger partial charge in [0.05, 0.1) is 12.7 Å². The van der Waals surface area contributed by atoms with Gasteiger partial charge in [0.15, 0.2) is 0 Å². The van der Waals surface area contributed by atoms with E-state index in [0.29, 0.717) is 41.7 Å². The molecule has 200 valence electrons. The molecule has 0 fully saturated rings. The number of esters is 1. The summed E-state index contributed by atoms with van der Waals surface area (Å²) in [6.45, 7) is 20.0. The molecule has 6 nitrogen and oxygen atoms in total. The molecule has 0 atom stereocenters. The van der Waals surface area contributed by atoms with Gasteiger partial charge in [-0.1, -0.05) is 83.5 Å². The Balaban J connectivity index is 0. The van der Waals surface area contributed by atoms with Gasteiger partial charge in [0.2, 0.25) is 11.8 Å². The Morgan fingerprint density at radius 3 is 1.83 bits per heavy atom. The van der Waals surface area contributed by atoms with Crippen molar-refractivity contribution < 1.29 is 24.1 Å². The lowest BCUT2D eigenvalue weighted by atomic mass is 9.88. The molecule has 2 aromatic rings. The van der Waals surface area contributed by atoms with Crippen molar-refractivity contribution in [2.45, 2.75) is 68.2 Å². The highest BCUT2D eigenvalue weighted by Gasteiger charge is 2.24. The normalized spacial score (nSPS) is 11.5. The number of aliphatic hydroxyl groups is 1. The van der Waals surface area contributed by atoms with E-state index in [0.717, 1.165) is 12.7 Å². The van der Waals surface area contributed by atoms with Crippen LogP contribution in [0, 0.1) is 0 Å². The fraction of sp³-hybridized carbons (Fsp3) is 0.400. The van der Waals surface area contributed by atoms with Crippen LogP contribution in [0.2, 0.25) is 0 Å². The summed E-state index contributed by atoms with van der Waals surface area (Å²) in [4.78, 5) is 16.4. The third-order valence-corrected chi connectivity index (χ3v) is 4.62. The van der Waals surface area contributed by atoms with E-state index in [9.17, 15) is 4.79 Å². The van der Waals surface area contributed by atoms with E-state index in [2.05, 4.69) is 18.5 Å². The zero-order valence-corrected chi connectivity index (χ0v) is 23.8. The molecule has 1 N–H and O–H groups in total. The molecule has 6 heteroatoms. The number of allylic oxidation sites excluding steroid dienone is 2. The molecular weight excluding hydrogens is 454 g/mol. The number of para-hydroxylation sites is 1.